The normalized spacial score (nSPS) is 15.9. The number of aromatic nitrogens is 1. The van der Waals surface area contributed by atoms with Crippen LogP contribution in [0.25, 0.3) is 5.03 Å². The summed E-state index contributed by atoms with van der Waals surface area (Å²) in [6, 6.07) is 1.83. The van der Waals surface area contributed by atoms with Gasteiger partial charge in [0.25, 0.3) is 0 Å². The third kappa shape index (κ3) is 1.37. The average molecular weight is 268 g/mol. The van der Waals surface area contributed by atoms with Crippen LogP contribution in [0.5, 0.6) is 0 Å². The van der Waals surface area contributed by atoms with Gasteiger partial charge in [-0.3, -0.25) is 0 Å². The van der Waals surface area contributed by atoms with Gasteiger partial charge in [0.05, 0.1) is 11.6 Å². The zero-order valence-corrected chi connectivity index (χ0v) is 9.04. The lowest BCUT2D eigenvalue weighted by Gasteiger charge is -2.17. The average Bonchev–Trinajstić information content (AvgIpc) is 2.29. The Hall–Kier alpha value is -0.120. The highest BCUT2D eigenvalue weighted by Gasteiger charge is 2.16. The molecule has 12 heavy (non-hydrogen) atoms. The van der Waals surface area contributed by atoms with Crippen LogP contribution in [0.15, 0.2) is 12.3 Å². The molecule has 2 heterocycles. The molecule has 0 aromatic carbocycles. The number of hydrogen-bond donors (Lipinski definition) is 1. The van der Waals surface area contributed by atoms with Gasteiger partial charge in [0, 0.05) is 33.6 Å². The Morgan fingerprint density at radius 2 is 2.25 bits per heavy atom. The largest absolute Gasteiger partial charge is 0.347 e. The van der Waals surface area contributed by atoms with Crippen LogP contribution >= 0.6 is 39.3 Å². The van der Waals surface area contributed by atoms with E-state index in [1.165, 1.54) is 0 Å². The van der Waals surface area contributed by atoms with Crippen LogP contribution in [0.2, 0.25) is 5.15 Å². The van der Waals surface area contributed by atoms with Crippen molar-refractivity contribution in [3.63, 3.8) is 0 Å². The molecule has 2 rings (SSSR count). The molecule has 1 aliphatic rings. The standard InChI is InChI=1S/C7H5BrCl2N2/c8-12-2-5(9)4-1-7(10)11-6(4)3-12/h1-2,11H,3H2. The Kier molecular flexibility index (Phi) is 2.10. The molecule has 1 N–H and O–H groups in total. The van der Waals surface area contributed by atoms with E-state index in [4.69, 9.17) is 23.2 Å². The first-order chi connectivity index (χ1) is 5.66. The van der Waals surface area contributed by atoms with Crippen molar-refractivity contribution in [3.05, 3.63) is 28.7 Å². The second-order valence-corrected chi connectivity index (χ2v) is 4.27. The summed E-state index contributed by atoms with van der Waals surface area (Å²) in [6.45, 7) is 0.748. The van der Waals surface area contributed by atoms with E-state index < -0.39 is 0 Å². The number of fused-ring (bicyclic) bond motifs is 1. The van der Waals surface area contributed by atoms with Gasteiger partial charge in [-0.2, -0.15) is 0 Å². The van der Waals surface area contributed by atoms with Crippen LogP contribution < -0.4 is 0 Å². The maximum atomic E-state index is 5.97. The van der Waals surface area contributed by atoms with Crippen molar-refractivity contribution < 1.29 is 0 Å². The van der Waals surface area contributed by atoms with E-state index in [-0.39, 0.29) is 0 Å². The molecule has 1 aromatic heterocycles. The Labute approximate surface area is 88.5 Å². The third-order valence-corrected chi connectivity index (χ3v) is 2.65. The van der Waals surface area contributed by atoms with Crippen molar-refractivity contribution in [2.75, 3.05) is 0 Å². The van der Waals surface area contributed by atoms with Crippen LogP contribution in [0.4, 0.5) is 0 Å². The highest BCUT2D eigenvalue weighted by molar-refractivity contribution is 9.07. The maximum Gasteiger partial charge on any atom is 0.107 e. The molecule has 0 fully saturated rings. The molecule has 0 spiro atoms. The Morgan fingerprint density at radius 1 is 1.50 bits per heavy atom. The smallest absolute Gasteiger partial charge is 0.107 e. The van der Waals surface area contributed by atoms with Gasteiger partial charge in [-0.05, 0) is 6.07 Å². The SMILES string of the molecule is ClC1=CN(Br)Cc2[nH]c(Cl)cc21. The van der Waals surface area contributed by atoms with Crippen molar-refractivity contribution in [1.82, 2.24) is 8.91 Å². The Morgan fingerprint density at radius 3 is 3.00 bits per heavy atom. The second-order valence-electron chi connectivity index (χ2n) is 2.54. The minimum absolute atomic E-state index is 0.620. The van der Waals surface area contributed by atoms with E-state index in [1.807, 2.05) is 16.2 Å². The van der Waals surface area contributed by atoms with E-state index >= 15 is 0 Å². The van der Waals surface area contributed by atoms with Crippen LogP contribution in [0, 0.1) is 0 Å². The molecule has 0 saturated carbocycles. The highest BCUT2D eigenvalue weighted by atomic mass is 79.9. The number of nitrogens with zero attached hydrogens (tertiary/aromatic N) is 1. The fourth-order valence-corrected chi connectivity index (χ4v) is 2.27. The monoisotopic (exact) mass is 266 g/mol. The van der Waals surface area contributed by atoms with Crippen LogP contribution in [0.1, 0.15) is 11.3 Å². The molecular formula is C7H5BrCl2N2. The molecule has 0 radical (unpaired) electrons. The molecule has 0 unspecified atom stereocenters. The lowest BCUT2D eigenvalue weighted by atomic mass is 10.2. The second kappa shape index (κ2) is 2.98. The lowest BCUT2D eigenvalue weighted by molar-refractivity contribution is 0.621. The van der Waals surface area contributed by atoms with E-state index in [9.17, 15) is 0 Å². The predicted octanol–water partition coefficient (Wildman–Crippen LogP) is 3.33. The fraction of sp³-hybridized carbons (Fsp3) is 0.143. The molecule has 0 bridgehead atoms. The van der Waals surface area contributed by atoms with Crippen molar-refractivity contribution >= 4 is 44.4 Å². The summed E-state index contributed by atoms with van der Waals surface area (Å²) in [5, 5.41) is 1.31. The summed E-state index contributed by atoms with van der Waals surface area (Å²) < 4.78 is 1.82. The third-order valence-electron chi connectivity index (χ3n) is 1.69. The molecule has 5 heteroatoms. The van der Waals surface area contributed by atoms with Crippen molar-refractivity contribution in [2.45, 2.75) is 6.54 Å². The van der Waals surface area contributed by atoms with Gasteiger partial charge in [-0.15, -0.1) is 0 Å². The van der Waals surface area contributed by atoms with Gasteiger partial charge >= 0.3 is 0 Å². The Balaban J connectivity index is 2.51. The number of halogens is 3. The molecular weight excluding hydrogens is 263 g/mol. The van der Waals surface area contributed by atoms with E-state index in [0.717, 1.165) is 17.8 Å². The topological polar surface area (TPSA) is 19.0 Å². The Bertz CT molecular complexity index is 345. The molecule has 0 saturated heterocycles. The van der Waals surface area contributed by atoms with Crippen LogP contribution in [0.3, 0.4) is 0 Å². The summed E-state index contributed by atoms with van der Waals surface area (Å²) in [5.41, 5.74) is 2.02. The fourth-order valence-electron chi connectivity index (χ4n) is 1.19. The first-order valence-electron chi connectivity index (χ1n) is 3.34. The number of aromatic amines is 1. The zero-order valence-electron chi connectivity index (χ0n) is 5.94. The maximum absolute atomic E-state index is 5.97. The summed E-state index contributed by atoms with van der Waals surface area (Å²) >= 11 is 15.1. The molecule has 0 amide bonds. The van der Waals surface area contributed by atoms with Gasteiger partial charge < -0.3 is 8.91 Å². The predicted molar refractivity (Wildman–Crippen MR) is 54.1 cm³/mol. The minimum Gasteiger partial charge on any atom is -0.347 e. The molecule has 2 nitrogen and oxygen atoms in total. The van der Waals surface area contributed by atoms with Crippen LogP contribution in [-0.4, -0.2) is 8.91 Å². The number of H-pyrrole nitrogens is 1. The van der Waals surface area contributed by atoms with Crippen molar-refractivity contribution in [3.8, 4) is 0 Å². The minimum atomic E-state index is 0.620. The number of nitrogens with one attached hydrogen (secondary N) is 1. The first kappa shape index (κ1) is 8.48. The number of hydrogen-bond acceptors (Lipinski definition) is 1. The first-order valence-corrected chi connectivity index (χ1v) is 4.81. The van der Waals surface area contributed by atoms with E-state index in [1.54, 1.807) is 0 Å². The van der Waals surface area contributed by atoms with Crippen molar-refractivity contribution in [2.24, 2.45) is 0 Å². The van der Waals surface area contributed by atoms with Gasteiger partial charge in [-0.1, -0.05) is 23.2 Å². The summed E-state index contributed by atoms with van der Waals surface area (Å²) in [7, 11) is 0. The van der Waals surface area contributed by atoms with E-state index in [0.29, 0.717) is 10.2 Å². The van der Waals surface area contributed by atoms with Gasteiger partial charge in [0.15, 0.2) is 0 Å². The summed E-state index contributed by atoms with van der Waals surface area (Å²) in [4.78, 5) is 3.03. The van der Waals surface area contributed by atoms with Gasteiger partial charge in [-0.25, -0.2) is 0 Å². The highest BCUT2D eigenvalue weighted by Crippen LogP contribution is 2.32. The summed E-state index contributed by atoms with van der Waals surface area (Å²) in [5.74, 6) is 0. The molecule has 0 atom stereocenters. The lowest BCUT2D eigenvalue weighted by Crippen LogP contribution is -2.09. The molecule has 64 valence electrons. The quantitative estimate of drug-likeness (QED) is 0.715. The van der Waals surface area contributed by atoms with E-state index in [2.05, 4.69) is 21.1 Å². The van der Waals surface area contributed by atoms with Gasteiger partial charge in [0.1, 0.15) is 5.15 Å². The molecule has 1 aromatic rings. The summed E-state index contributed by atoms with van der Waals surface area (Å²) in [6.07, 6.45) is 1.81. The zero-order chi connectivity index (χ0) is 8.72. The van der Waals surface area contributed by atoms with Crippen LogP contribution in [-0.2, 0) is 6.54 Å². The number of rotatable bonds is 0. The molecule has 1 aliphatic heterocycles. The van der Waals surface area contributed by atoms with Gasteiger partial charge in [0.2, 0.25) is 0 Å². The van der Waals surface area contributed by atoms with Crippen molar-refractivity contribution in [1.29, 1.82) is 0 Å². The molecule has 0 aliphatic carbocycles.